The molecule has 4 aliphatic rings. The Morgan fingerprint density at radius 1 is 1.10 bits per heavy atom. The number of nitrogens with zero attached hydrogens (tertiary/aromatic N) is 1. The van der Waals surface area contributed by atoms with E-state index in [1.807, 2.05) is 0 Å². The molecule has 0 aromatic heterocycles. The summed E-state index contributed by atoms with van der Waals surface area (Å²) < 4.78 is 0. The third-order valence-electron chi connectivity index (χ3n) is 7.20. The van der Waals surface area contributed by atoms with Gasteiger partial charge in [0.25, 0.3) is 0 Å². The first-order valence-electron chi connectivity index (χ1n) is 8.53. The van der Waals surface area contributed by atoms with Crippen LogP contribution in [0.5, 0.6) is 0 Å². The maximum absolute atomic E-state index is 12.8. The number of amides is 1. The number of hydrogen-bond donors (Lipinski definition) is 1. The second kappa shape index (κ2) is 5.13. The molecule has 1 heterocycles. The Kier molecular flexibility index (Phi) is 3.81. The molecular weight excluding hydrogens is 284 g/mol. The van der Waals surface area contributed by atoms with Gasteiger partial charge >= 0.3 is 0 Å². The summed E-state index contributed by atoms with van der Waals surface area (Å²) in [7, 11) is 0. The zero-order chi connectivity index (χ0) is 14.1. The summed E-state index contributed by atoms with van der Waals surface area (Å²) >= 11 is 0. The Morgan fingerprint density at radius 2 is 1.62 bits per heavy atom. The van der Waals surface area contributed by atoms with Crippen molar-refractivity contribution < 1.29 is 4.79 Å². The lowest BCUT2D eigenvalue weighted by atomic mass is 9.65. The number of carbonyl (C=O) groups excluding carboxylic acids is 1. The molecular formula is C17H29ClN2O. The number of rotatable bonds is 1. The summed E-state index contributed by atoms with van der Waals surface area (Å²) in [4.78, 5) is 15.0. The van der Waals surface area contributed by atoms with Crippen LogP contribution in [0.15, 0.2) is 0 Å². The molecule has 4 heteroatoms. The van der Waals surface area contributed by atoms with E-state index < -0.39 is 0 Å². The topological polar surface area (TPSA) is 46.3 Å². The van der Waals surface area contributed by atoms with Crippen molar-refractivity contribution in [2.45, 2.75) is 52.0 Å². The van der Waals surface area contributed by atoms with E-state index in [0.29, 0.717) is 29.2 Å². The predicted octanol–water partition coefficient (Wildman–Crippen LogP) is 2.68. The SMILES string of the molecule is CC1(C)C2CN(C(=O)C3CC4CCCC(C3)C4N)CC21.Cl. The van der Waals surface area contributed by atoms with E-state index in [-0.39, 0.29) is 18.3 Å². The molecule has 4 rings (SSSR count). The summed E-state index contributed by atoms with van der Waals surface area (Å²) in [6.07, 6.45) is 5.95. The van der Waals surface area contributed by atoms with Crippen molar-refractivity contribution in [3.8, 4) is 0 Å². The fraction of sp³-hybridized carbons (Fsp3) is 0.941. The van der Waals surface area contributed by atoms with Crippen LogP contribution in [-0.4, -0.2) is 29.9 Å². The van der Waals surface area contributed by atoms with Gasteiger partial charge in [0, 0.05) is 25.0 Å². The number of halogens is 1. The summed E-state index contributed by atoms with van der Waals surface area (Å²) in [5, 5.41) is 0. The van der Waals surface area contributed by atoms with E-state index in [1.54, 1.807) is 0 Å². The lowest BCUT2D eigenvalue weighted by Crippen LogP contribution is -2.49. The van der Waals surface area contributed by atoms with E-state index in [2.05, 4.69) is 18.7 Å². The minimum atomic E-state index is 0. The Morgan fingerprint density at radius 3 is 2.14 bits per heavy atom. The molecule has 2 bridgehead atoms. The van der Waals surface area contributed by atoms with E-state index in [1.165, 1.54) is 19.3 Å². The van der Waals surface area contributed by atoms with Gasteiger partial charge < -0.3 is 10.6 Å². The number of piperidine rings is 1. The fourth-order valence-electron chi connectivity index (χ4n) is 5.56. The number of nitrogens with two attached hydrogens (primary N) is 1. The minimum Gasteiger partial charge on any atom is -0.342 e. The molecule has 1 amide bonds. The molecule has 3 aliphatic carbocycles. The number of fused-ring (bicyclic) bond motifs is 3. The van der Waals surface area contributed by atoms with Gasteiger partial charge in [0.05, 0.1) is 0 Å². The van der Waals surface area contributed by atoms with Crippen LogP contribution in [-0.2, 0) is 4.79 Å². The van der Waals surface area contributed by atoms with Crippen LogP contribution >= 0.6 is 12.4 Å². The normalized spacial score (nSPS) is 46.5. The van der Waals surface area contributed by atoms with Gasteiger partial charge in [-0.05, 0) is 54.8 Å². The van der Waals surface area contributed by atoms with Crippen molar-refractivity contribution in [1.29, 1.82) is 0 Å². The van der Waals surface area contributed by atoms with Gasteiger partial charge in [0.1, 0.15) is 0 Å². The van der Waals surface area contributed by atoms with Gasteiger partial charge in [-0.15, -0.1) is 12.4 Å². The summed E-state index contributed by atoms with van der Waals surface area (Å²) in [6.45, 7) is 6.76. The van der Waals surface area contributed by atoms with Crippen LogP contribution < -0.4 is 5.73 Å². The molecule has 0 aromatic rings. The average Bonchev–Trinajstić information content (AvgIpc) is 2.78. The molecule has 3 nitrogen and oxygen atoms in total. The van der Waals surface area contributed by atoms with Crippen molar-refractivity contribution in [3.63, 3.8) is 0 Å². The molecule has 0 aromatic carbocycles. The van der Waals surface area contributed by atoms with Crippen molar-refractivity contribution in [1.82, 2.24) is 4.90 Å². The van der Waals surface area contributed by atoms with Gasteiger partial charge in [-0.1, -0.05) is 20.3 Å². The second-order valence-electron chi connectivity index (χ2n) is 8.47. The number of likely N-dealkylation sites (tertiary alicyclic amines) is 1. The first-order valence-corrected chi connectivity index (χ1v) is 8.53. The molecule has 0 radical (unpaired) electrons. The maximum Gasteiger partial charge on any atom is 0.225 e. The van der Waals surface area contributed by atoms with Crippen LogP contribution in [0.3, 0.4) is 0 Å². The molecule has 4 fully saturated rings. The Bertz CT molecular complexity index is 411. The minimum absolute atomic E-state index is 0. The molecule has 0 spiro atoms. The quantitative estimate of drug-likeness (QED) is 0.809. The Hall–Kier alpha value is -0.280. The average molecular weight is 313 g/mol. The van der Waals surface area contributed by atoms with Gasteiger partial charge in [0.2, 0.25) is 5.91 Å². The first-order chi connectivity index (χ1) is 9.48. The summed E-state index contributed by atoms with van der Waals surface area (Å²) in [5.41, 5.74) is 6.84. The third kappa shape index (κ3) is 2.31. The first kappa shape index (κ1) is 15.6. The zero-order valence-electron chi connectivity index (χ0n) is 13.3. The highest BCUT2D eigenvalue weighted by molar-refractivity contribution is 5.85. The molecule has 4 unspecified atom stereocenters. The molecule has 21 heavy (non-hydrogen) atoms. The monoisotopic (exact) mass is 312 g/mol. The zero-order valence-corrected chi connectivity index (χ0v) is 14.1. The molecule has 1 aliphatic heterocycles. The molecule has 1 saturated heterocycles. The highest BCUT2D eigenvalue weighted by Crippen LogP contribution is 2.62. The Balaban J connectivity index is 0.00000132. The van der Waals surface area contributed by atoms with Crippen LogP contribution in [0.25, 0.3) is 0 Å². The highest BCUT2D eigenvalue weighted by Gasteiger charge is 2.63. The van der Waals surface area contributed by atoms with Crippen LogP contribution in [0.4, 0.5) is 0 Å². The van der Waals surface area contributed by atoms with E-state index in [9.17, 15) is 4.79 Å². The molecule has 120 valence electrons. The number of carbonyl (C=O) groups is 1. The van der Waals surface area contributed by atoms with E-state index >= 15 is 0 Å². The fourth-order valence-corrected chi connectivity index (χ4v) is 5.56. The molecule has 3 saturated carbocycles. The third-order valence-corrected chi connectivity index (χ3v) is 7.20. The van der Waals surface area contributed by atoms with Gasteiger partial charge in [0.15, 0.2) is 0 Å². The van der Waals surface area contributed by atoms with Crippen molar-refractivity contribution >= 4 is 18.3 Å². The highest BCUT2D eigenvalue weighted by atomic mass is 35.5. The van der Waals surface area contributed by atoms with Crippen LogP contribution in [0.1, 0.15) is 46.0 Å². The summed E-state index contributed by atoms with van der Waals surface area (Å²) in [5.74, 6) is 3.52. The van der Waals surface area contributed by atoms with E-state index in [0.717, 1.165) is 37.8 Å². The van der Waals surface area contributed by atoms with E-state index in [4.69, 9.17) is 5.73 Å². The van der Waals surface area contributed by atoms with Gasteiger partial charge in [-0.3, -0.25) is 4.79 Å². The van der Waals surface area contributed by atoms with Crippen LogP contribution in [0, 0.1) is 35.0 Å². The summed E-state index contributed by atoms with van der Waals surface area (Å²) in [6, 6.07) is 0.374. The van der Waals surface area contributed by atoms with Gasteiger partial charge in [-0.25, -0.2) is 0 Å². The van der Waals surface area contributed by atoms with Crippen molar-refractivity contribution in [3.05, 3.63) is 0 Å². The largest absolute Gasteiger partial charge is 0.342 e. The lowest BCUT2D eigenvalue weighted by molar-refractivity contribution is -0.138. The molecule has 2 N–H and O–H groups in total. The number of hydrogen-bond acceptors (Lipinski definition) is 2. The maximum atomic E-state index is 12.8. The van der Waals surface area contributed by atoms with Crippen LogP contribution in [0.2, 0.25) is 0 Å². The smallest absolute Gasteiger partial charge is 0.225 e. The predicted molar refractivity (Wildman–Crippen MR) is 86.1 cm³/mol. The van der Waals surface area contributed by atoms with Gasteiger partial charge in [-0.2, -0.15) is 0 Å². The Labute approximate surface area is 134 Å². The van der Waals surface area contributed by atoms with Crippen molar-refractivity contribution in [2.75, 3.05) is 13.1 Å². The standard InChI is InChI=1S/C17H28N2O.ClH/c1-17(2)13-8-19(9-14(13)17)16(20)12-6-10-4-3-5-11(7-12)15(10)18;/h10-15H,3-9,18H2,1-2H3;1H. The molecule has 4 atom stereocenters. The van der Waals surface area contributed by atoms with Crippen molar-refractivity contribution in [2.24, 2.45) is 40.7 Å². The lowest BCUT2D eigenvalue weighted by Gasteiger charge is -2.44. The second-order valence-corrected chi connectivity index (χ2v) is 8.47.